The Hall–Kier alpha value is -2.04. The summed E-state index contributed by atoms with van der Waals surface area (Å²) in [6, 6.07) is 19.0. The number of halogens is 1. The third kappa shape index (κ3) is 2.99. The molecule has 1 aliphatic heterocycles. The molecule has 0 N–H and O–H groups in total. The molecule has 2 aromatic carbocycles. The lowest BCUT2D eigenvalue weighted by Gasteiger charge is -2.25. The first-order valence-corrected chi connectivity index (χ1v) is 8.89. The fourth-order valence-corrected chi connectivity index (χ4v) is 3.56. The van der Waals surface area contributed by atoms with Gasteiger partial charge in [0.2, 0.25) is 0 Å². The number of benzene rings is 2. The number of hydrogen-bond acceptors (Lipinski definition) is 2. The van der Waals surface area contributed by atoms with Gasteiger partial charge in [0.15, 0.2) is 6.23 Å². The topological polar surface area (TPSA) is 17.4 Å². The van der Waals surface area contributed by atoms with Gasteiger partial charge < -0.3 is 14.2 Å². The number of aromatic nitrogens is 1. The van der Waals surface area contributed by atoms with Crippen LogP contribution in [-0.4, -0.2) is 17.7 Å². The Morgan fingerprint density at radius 2 is 1.88 bits per heavy atom. The van der Waals surface area contributed by atoms with Crippen molar-refractivity contribution in [2.24, 2.45) is 0 Å². The molecule has 2 heterocycles. The summed E-state index contributed by atoms with van der Waals surface area (Å²) in [6.07, 6.45) is 4.22. The average molecular weight is 383 g/mol. The van der Waals surface area contributed by atoms with Crippen molar-refractivity contribution in [2.45, 2.75) is 13.2 Å². The van der Waals surface area contributed by atoms with E-state index in [1.54, 1.807) is 0 Å². The Labute approximate surface area is 150 Å². The Bertz CT molecular complexity index is 858. The van der Waals surface area contributed by atoms with Crippen LogP contribution in [0.5, 0.6) is 0 Å². The Balaban J connectivity index is 1.64. The van der Waals surface area contributed by atoms with E-state index < -0.39 is 0 Å². The molecule has 4 heteroatoms. The third-order valence-electron chi connectivity index (χ3n) is 4.33. The predicted molar refractivity (Wildman–Crippen MR) is 101 cm³/mol. The van der Waals surface area contributed by atoms with E-state index in [0.717, 1.165) is 23.3 Å². The summed E-state index contributed by atoms with van der Waals surface area (Å²) in [6.45, 7) is 3.79. The van der Waals surface area contributed by atoms with Gasteiger partial charge in [-0.25, -0.2) is 0 Å². The molecule has 0 radical (unpaired) electrons. The van der Waals surface area contributed by atoms with Crippen molar-refractivity contribution in [2.75, 3.05) is 18.1 Å². The highest BCUT2D eigenvalue weighted by Gasteiger charge is 2.27. The number of ether oxygens (including phenoxy) is 1. The van der Waals surface area contributed by atoms with Crippen LogP contribution in [0, 0.1) is 6.92 Å². The van der Waals surface area contributed by atoms with Crippen LogP contribution < -0.4 is 4.90 Å². The zero-order valence-electron chi connectivity index (χ0n) is 13.5. The summed E-state index contributed by atoms with van der Waals surface area (Å²) >= 11 is 3.53. The predicted octanol–water partition coefficient (Wildman–Crippen LogP) is 5.08. The lowest BCUT2D eigenvalue weighted by Crippen LogP contribution is -2.23. The number of rotatable bonds is 3. The van der Waals surface area contributed by atoms with E-state index in [2.05, 4.69) is 87.2 Å². The molecule has 1 atom stereocenters. The smallest absolute Gasteiger partial charge is 0.158 e. The number of aryl methyl sites for hydroxylation is 1. The molecule has 1 fully saturated rings. The second-order valence-corrected chi connectivity index (χ2v) is 7.00. The normalized spacial score (nSPS) is 17.4. The molecular weight excluding hydrogens is 364 g/mol. The van der Waals surface area contributed by atoms with Gasteiger partial charge in [-0.05, 0) is 48.9 Å². The van der Waals surface area contributed by atoms with Crippen molar-refractivity contribution >= 4 is 21.6 Å². The molecule has 0 saturated carbocycles. The summed E-state index contributed by atoms with van der Waals surface area (Å²) in [5, 5.41) is 0. The molecule has 1 aliphatic rings. The van der Waals surface area contributed by atoms with Gasteiger partial charge in [-0.1, -0.05) is 34.1 Å². The fraction of sp³-hybridized carbons (Fsp3) is 0.200. The van der Waals surface area contributed by atoms with Gasteiger partial charge in [-0.15, -0.1) is 0 Å². The van der Waals surface area contributed by atoms with Gasteiger partial charge in [0.1, 0.15) is 0 Å². The maximum absolute atomic E-state index is 6.02. The molecule has 24 heavy (non-hydrogen) atoms. The second-order valence-electron chi connectivity index (χ2n) is 6.09. The SMILES string of the molecule is Cc1cccc(N2CCOC2c2ccn(-c3cccc(Br)c3)c2)c1. The summed E-state index contributed by atoms with van der Waals surface area (Å²) in [5.41, 5.74) is 4.79. The number of nitrogens with zero attached hydrogens (tertiary/aromatic N) is 2. The molecule has 4 rings (SSSR count). The van der Waals surface area contributed by atoms with Crippen LogP contribution in [-0.2, 0) is 4.74 Å². The molecule has 3 nitrogen and oxygen atoms in total. The number of hydrogen-bond donors (Lipinski definition) is 0. The van der Waals surface area contributed by atoms with E-state index >= 15 is 0 Å². The third-order valence-corrected chi connectivity index (χ3v) is 4.82. The molecule has 122 valence electrons. The monoisotopic (exact) mass is 382 g/mol. The highest BCUT2D eigenvalue weighted by atomic mass is 79.9. The van der Waals surface area contributed by atoms with Gasteiger partial charge in [0, 0.05) is 40.3 Å². The fourth-order valence-electron chi connectivity index (χ4n) is 3.17. The first kappa shape index (κ1) is 15.5. The molecule has 0 amide bonds. The van der Waals surface area contributed by atoms with Crippen molar-refractivity contribution in [3.8, 4) is 5.69 Å². The maximum atomic E-state index is 6.02. The maximum Gasteiger partial charge on any atom is 0.158 e. The molecule has 1 aromatic heterocycles. The van der Waals surface area contributed by atoms with Crippen molar-refractivity contribution in [1.82, 2.24) is 4.57 Å². The first-order valence-electron chi connectivity index (χ1n) is 8.09. The van der Waals surface area contributed by atoms with Gasteiger partial charge in [0.05, 0.1) is 6.61 Å². The largest absolute Gasteiger partial charge is 0.352 e. The van der Waals surface area contributed by atoms with Crippen LogP contribution in [0.3, 0.4) is 0 Å². The minimum atomic E-state index is -0.0276. The minimum Gasteiger partial charge on any atom is -0.352 e. The zero-order valence-corrected chi connectivity index (χ0v) is 15.1. The molecule has 1 unspecified atom stereocenters. The van der Waals surface area contributed by atoms with Gasteiger partial charge in [-0.3, -0.25) is 0 Å². The Morgan fingerprint density at radius 1 is 1.04 bits per heavy atom. The van der Waals surface area contributed by atoms with Crippen LogP contribution in [0.1, 0.15) is 17.4 Å². The standard InChI is InChI=1S/C20H19BrN2O/c1-15-4-2-7-19(12-15)23-10-11-24-20(23)16-8-9-22(14-16)18-6-3-5-17(21)13-18/h2-9,12-14,20H,10-11H2,1H3. The van der Waals surface area contributed by atoms with Crippen LogP contribution in [0.25, 0.3) is 5.69 Å². The molecule has 0 aliphatic carbocycles. The van der Waals surface area contributed by atoms with E-state index in [9.17, 15) is 0 Å². The van der Waals surface area contributed by atoms with Crippen LogP contribution in [0.15, 0.2) is 71.5 Å². The van der Waals surface area contributed by atoms with E-state index in [4.69, 9.17) is 4.74 Å². The molecule has 0 spiro atoms. The summed E-state index contributed by atoms with van der Waals surface area (Å²) in [7, 11) is 0. The summed E-state index contributed by atoms with van der Waals surface area (Å²) < 4.78 is 9.23. The second kappa shape index (κ2) is 6.46. The van der Waals surface area contributed by atoms with E-state index in [1.807, 2.05) is 12.1 Å². The highest BCUT2D eigenvalue weighted by Crippen LogP contribution is 2.33. The zero-order chi connectivity index (χ0) is 16.5. The van der Waals surface area contributed by atoms with Crippen molar-refractivity contribution < 1.29 is 4.74 Å². The lowest BCUT2D eigenvalue weighted by molar-refractivity contribution is 0.114. The Kier molecular flexibility index (Phi) is 4.17. The van der Waals surface area contributed by atoms with Crippen molar-refractivity contribution in [3.63, 3.8) is 0 Å². The number of anilines is 1. The van der Waals surface area contributed by atoms with E-state index in [0.29, 0.717) is 0 Å². The van der Waals surface area contributed by atoms with Crippen LogP contribution in [0.4, 0.5) is 5.69 Å². The molecule has 3 aromatic rings. The van der Waals surface area contributed by atoms with E-state index in [-0.39, 0.29) is 6.23 Å². The Morgan fingerprint density at radius 3 is 2.71 bits per heavy atom. The first-order chi connectivity index (χ1) is 11.7. The summed E-state index contributed by atoms with van der Waals surface area (Å²) in [5.74, 6) is 0. The molecule has 1 saturated heterocycles. The van der Waals surface area contributed by atoms with Gasteiger partial charge in [0.25, 0.3) is 0 Å². The van der Waals surface area contributed by atoms with E-state index in [1.165, 1.54) is 16.8 Å². The summed E-state index contributed by atoms with van der Waals surface area (Å²) in [4.78, 5) is 2.33. The quantitative estimate of drug-likeness (QED) is 0.627. The highest BCUT2D eigenvalue weighted by molar-refractivity contribution is 9.10. The van der Waals surface area contributed by atoms with Crippen LogP contribution in [0.2, 0.25) is 0 Å². The van der Waals surface area contributed by atoms with Gasteiger partial charge >= 0.3 is 0 Å². The molecular formula is C20H19BrN2O. The van der Waals surface area contributed by atoms with Crippen molar-refractivity contribution in [1.29, 1.82) is 0 Å². The van der Waals surface area contributed by atoms with Gasteiger partial charge in [-0.2, -0.15) is 0 Å². The average Bonchev–Trinajstić information content (AvgIpc) is 3.24. The van der Waals surface area contributed by atoms with Crippen LogP contribution >= 0.6 is 15.9 Å². The molecule has 0 bridgehead atoms. The minimum absolute atomic E-state index is 0.0276. The van der Waals surface area contributed by atoms with Crippen molar-refractivity contribution in [3.05, 3.63) is 82.6 Å². The lowest BCUT2D eigenvalue weighted by atomic mass is 10.2.